The normalized spacial score (nSPS) is 10.9. The average Bonchev–Trinajstić information content (AvgIpc) is 3.02. The van der Waals surface area contributed by atoms with Crippen LogP contribution in [0.25, 0.3) is 16.7 Å². The van der Waals surface area contributed by atoms with Crippen LogP contribution < -0.4 is 5.32 Å². The molecule has 134 valence electrons. The van der Waals surface area contributed by atoms with Crippen molar-refractivity contribution in [3.63, 3.8) is 0 Å². The first-order valence-corrected chi connectivity index (χ1v) is 8.76. The molecule has 0 unspecified atom stereocenters. The van der Waals surface area contributed by atoms with E-state index in [1.807, 2.05) is 56.3 Å². The van der Waals surface area contributed by atoms with Gasteiger partial charge < -0.3 is 5.32 Å². The molecule has 0 atom stereocenters. The van der Waals surface area contributed by atoms with E-state index >= 15 is 0 Å². The average molecular weight is 378 g/mol. The fourth-order valence-corrected chi connectivity index (χ4v) is 3.26. The minimum atomic E-state index is -0.358. The Kier molecular flexibility index (Phi) is 4.33. The number of benzene rings is 1. The molecule has 0 saturated heterocycles. The van der Waals surface area contributed by atoms with Gasteiger partial charge in [-0.3, -0.25) is 4.79 Å². The number of hydrogen-bond donors (Lipinski definition) is 1. The van der Waals surface area contributed by atoms with Crippen molar-refractivity contribution in [3.8, 4) is 5.69 Å². The molecule has 6 nitrogen and oxygen atoms in total. The van der Waals surface area contributed by atoms with E-state index in [1.54, 1.807) is 10.9 Å². The van der Waals surface area contributed by atoms with Crippen LogP contribution in [0.1, 0.15) is 21.6 Å². The van der Waals surface area contributed by atoms with E-state index in [9.17, 15) is 4.79 Å². The highest BCUT2D eigenvalue weighted by Crippen LogP contribution is 2.30. The number of pyridine rings is 2. The molecule has 0 spiro atoms. The molecule has 1 amide bonds. The summed E-state index contributed by atoms with van der Waals surface area (Å²) in [7, 11) is 0. The van der Waals surface area contributed by atoms with Crippen LogP contribution in [-0.4, -0.2) is 25.7 Å². The summed E-state index contributed by atoms with van der Waals surface area (Å²) >= 11 is 6.57. The lowest BCUT2D eigenvalue weighted by Gasteiger charge is -2.09. The summed E-state index contributed by atoms with van der Waals surface area (Å²) in [6, 6.07) is 13.3. The van der Waals surface area contributed by atoms with Gasteiger partial charge in [-0.2, -0.15) is 5.10 Å². The van der Waals surface area contributed by atoms with Gasteiger partial charge in [-0.15, -0.1) is 0 Å². The number of hydrogen-bond acceptors (Lipinski definition) is 4. The van der Waals surface area contributed by atoms with E-state index in [4.69, 9.17) is 11.6 Å². The Morgan fingerprint density at radius 1 is 1.07 bits per heavy atom. The lowest BCUT2D eigenvalue weighted by molar-refractivity contribution is 0.102. The fourth-order valence-electron chi connectivity index (χ4n) is 2.91. The highest BCUT2D eigenvalue weighted by Gasteiger charge is 2.20. The third kappa shape index (κ3) is 3.04. The van der Waals surface area contributed by atoms with Crippen LogP contribution >= 0.6 is 11.6 Å². The van der Waals surface area contributed by atoms with Gasteiger partial charge >= 0.3 is 0 Å². The molecule has 3 heterocycles. The monoisotopic (exact) mass is 377 g/mol. The topological polar surface area (TPSA) is 72.7 Å². The molecule has 1 aromatic carbocycles. The number of anilines is 1. The molecule has 0 fully saturated rings. The van der Waals surface area contributed by atoms with E-state index in [0.717, 1.165) is 11.3 Å². The molecular formula is C20H16ClN5O. The van der Waals surface area contributed by atoms with E-state index < -0.39 is 0 Å². The van der Waals surface area contributed by atoms with Crippen LogP contribution in [0.2, 0.25) is 5.02 Å². The predicted molar refractivity (Wildman–Crippen MR) is 106 cm³/mol. The zero-order valence-corrected chi connectivity index (χ0v) is 15.5. The molecular weight excluding hydrogens is 362 g/mol. The molecule has 0 aliphatic carbocycles. The van der Waals surface area contributed by atoms with Crippen molar-refractivity contribution in [1.29, 1.82) is 0 Å². The molecule has 4 aromatic rings. The van der Waals surface area contributed by atoms with Crippen molar-refractivity contribution < 1.29 is 4.79 Å². The van der Waals surface area contributed by atoms with Crippen molar-refractivity contribution >= 4 is 34.4 Å². The minimum Gasteiger partial charge on any atom is -0.306 e. The smallest absolute Gasteiger partial charge is 0.259 e. The molecule has 1 N–H and O–H groups in total. The number of halogens is 1. The highest BCUT2D eigenvalue weighted by atomic mass is 35.5. The summed E-state index contributed by atoms with van der Waals surface area (Å²) in [6.07, 6.45) is 3.10. The number of aryl methyl sites for hydroxylation is 2. The van der Waals surface area contributed by atoms with Crippen molar-refractivity contribution in [2.24, 2.45) is 0 Å². The Hall–Kier alpha value is -3.25. The third-order valence-electron chi connectivity index (χ3n) is 4.29. The summed E-state index contributed by atoms with van der Waals surface area (Å²) in [6.45, 7) is 3.72. The van der Waals surface area contributed by atoms with E-state index in [-0.39, 0.29) is 11.5 Å². The molecule has 4 rings (SSSR count). The standard InChI is InChI=1S/C20H16ClN5O/c1-12-7-6-10-22-18(12)24-20(27)15-11-23-19-16(17(15)21)13(2)25-26(19)14-8-4-3-5-9-14/h3-11H,1-2H3,(H,22,24,27). The first-order chi connectivity index (χ1) is 13.1. The summed E-state index contributed by atoms with van der Waals surface area (Å²) in [5.41, 5.74) is 3.33. The predicted octanol–water partition coefficient (Wildman–Crippen LogP) is 4.34. The first kappa shape index (κ1) is 17.2. The Morgan fingerprint density at radius 2 is 1.85 bits per heavy atom. The lowest BCUT2D eigenvalue weighted by Crippen LogP contribution is -2.15. The van der Waals surface area contributed by atoms with Crippen LogP contribution in [0.4, 0.5) is 5.82 Å². The largest absolute Gasteiger partial charge is 0.306 e. The molecule has 0 radical (unpaired) electrons. The molecule has 0 saturated carbocycles. The highest BCUT2D eigenvalue weighted by molar-refractivity contribution is 6.39. The second kappa shape index (κ2) is 6.81. The first-order valence-electron chi connectivity index (χ1n) is 8.38. The quantitative estimate of drug-likeness (QED) is 0.576. The molecule has 3 aromatic heterocycles. The van der Waals surface area contributed by atoms with Crippen molar-refractivity contribution in [2.45, 2.75) is 13.8 Å². The number of carbonyl (C=O) groups excluding carboxylic acids is 1. The fraction of sp³-hybridized carbons (Fsp3) is 0.100. The van der Waals surface area contributed by atoms with Gasteiger partial charge in [0, 0.05) is 12.4 Å². The molecule has 0 aliphatic rings. The van der Waals surface area contributed by atoms with Gasteiger partial charge in [0.2, 0.25) is 0 Å². The maximum atomic E-state index is 12.7. The van der Waals surface area contributed by atoms with Gasteiger partial charge in [-0.05, 0) is 37.6 Å². The second-order valence-electron chi connectivity index (χ2n) is 6.14. The van der Waals surface area contributed by atoms with Crippen LogP contribution in [0, 0.1) is 13.8 Å². The number of fused-ring (bicyclic) bond motifs is 1. The molecule has 7 heteroatoms. The maximum Gasteiger partial charge on any atom is 0.259 e. The zero-order chi connectivity index (χ0) is 19.0. The van der Waals surface area contributed by atoms with E-state index in [2.05, 4.69) is 20.4 Å². The van der Waals surface area contributed by atoms with Crippen LogP contribution in [0.5, 0.6) is 0 Å². The van der Waals surface area contributed by atoms with Crippen LogP contribution in [-0.2, 0) is 0 Å². The summed E-state index contributed by atoms with van der Waals surface area (Å²) in [5.74, 6) is 0.137. The van der Waals surface area contributed by atoms with E-state index in [0.29, 0.717) is 27.6 Å². The van der Waals surface area contributed by atoms with Gasteiger partial charge in [-0.25, -0.2) is 14.6 Å². The summed E-state index contributed by atoms with van der Waals surface area (Å²) in [5, 5.41) is 8.32. The number of amides is 1. The summed E-state index contributed by atoms with van der Waals surface area (Å²) in [4.78, 5) is 21.4. The Morgan fingerprint density at radius 3 is 2.59 bits per heavy atom. The van der Waals surface area contributed by atoms with Crippen molar-refractivity contribution in [2.75, 3.05) is 5.32 Å². The second-order valence-corrected chi connectivity index (χ2v) is 6.52. The maximum absolute atomic E-state index is 12.7. The number of para-hydroxylation sites is 1. The number of nitrogens with zero attached hydrogens (tertiary/aromatic N) is 4. The number of carbonyl (C=O) groups is 1. The summed E-state index contributed by atoms with van der Waals surface area (Å²) < 4.78 is 1.72. The van der Waals surface area contributed by atoms with Crippen molar-refractivity contribution in [1.82, 2.24) is 19.7 Å². The van der Waals surface area contributed by atoms with E-state index in [1.165, 1.54) is 6.20 Å². The van der Waals surface area contributed by atoms with Crippen LogP contribution in [0.15, 0.2) is 54.9 Å². The number of nitrogens with one attached hydrogen (secondary N) is 1. The minimum absolute atomic E-state index is 0.282. The van der Waals surface area contributed by atoms with Gasteiger partial charge in [-0.1, -0.05) is 35.9 Å². The van der Waals surface area contributed by atoms with Gasteiger partial charge in [0.05, 0.1) is 27.4 Å². The SMILES string of the molecule is Cc1cccnc1NC(=O)c1cnc2c(c(C)nn2-c2ccccc2)c1Cl. The number of aromatic nitrogens is 4. The molecule has 27 heavy (non-hydrogen) atoms. The zero-order valence-electron chi connectivity index (χ0n) is 14.8. The Labute approximate surface area is 160 Å². The van der Waals surface area contributed by atoms with Crippen LogP contribution in [0.3, 0.4) is 0 Å². The Balaban J connectivity index is 1.78. The number of rotatable bonds is 3. The lowest BCUT2D eigenvalue weighted by atomic mass is 10.2. The third-order valence-corrected chi connectivity index (χ3v) is 4.69. The molecule has 0 aliphatic heterocycles. The van der Waals surface area contributed by atoms with Gasteiger partial charge in [0.15, 0.2) is 5.65 Å². The van der Waals surface area contributed by atoms with Gasteiger partial charge in [0.1, 0.15) is 5.82 Å². The Bertz CT molecular complexity index is 1150. The van der Waals surface area contributed by atoms with Gasteiger partial charge in [0.25, 0.3) is 5.91 Å². The molecule has 0 bridgehead atoms. The van der Waals surface area contributed by atoms with Crippen molar-refractivity contribution in [3.05, 3.63) is 76.7 Å².